The van der Waals surface area contributed by atoms with Gasteiger partial charge in [0.15, 0.2) is 11.5 Å². The minimum atomic E-state index is -0.722. The fourth-order valence-corrected chi connectivity index (χ4v) is 3.96. The van der Waals surface area contributed by atoms with Crippen LogP contribution in [0.3, 0.4) is 0 Å². The predicted molar refractivity (Wildman–Crippen MR) is 120 cm³/mol. The van der Waals surface area contributed by atoms with Gasteiger partial charge < -0.3 is 19.2 Å². The molecule has 1 amide bonds. The van der Waals surface area contributed by atoms with Gasteiger partial charge in [0.1, 0.15) is 11.5 Å². The number of rotatable bonds is 8. The third kappa shape index (κ3) is 4.17. The van der Waals surface area contributed by atoms with Crippen molar-refractivity contribution in [1.82, 2.24) is 4.90 Å². The summed E-state index contributed by atoms with van der Waals surface area (Å²) >= 11 is 0. The third-order valence-electron chi connectivity index (χ3n) is 5.50. The molecule has 1 aromatic heterocycles. The fraction of sp³-hybridized carbons (Fsp3) is 0.231. The van der Waals surface area contributed by atoms with Crippen LogP contribution in [0.1, 0.15) is 40.4 Å². The van der Waals surface area contributed by atoms with Gasteiger partial charge in [-0.3, -0.25) is 9.59 Å². The zero-order chi connectivity index (χ0) is 22.7. The summed E-state index contributed by atoms with van der Waals surface area (Å²) in [6.07, 6.45) is 0.592. The van der Waals surface area contributed by atoms with Gasteiger partial charge in [-0.2, -0.15) is 0 Å². The van der Waals surface area contributed by atoms with Crippen LogP contribution in [0.4, 0.5) is 0 Å². The quantitative estimate of drug-likeness (QED) is 0.518. The van der Waals surface area contributed by atoms with E-state index in [0.29, 0.717) is 36.6 Å². The van der Waals surface area contributed by atoms with Crippen molar-refractivity contribution in [2.24, 2.45) is 0 Å². The van der Waals surface area contributed by atoms with Crippen LogP contribution in [-0.4, -0.2) is 34.8 Å². The second kappa shape index (κ2) is 9.14. The zero-order valence-corrected chi connectivity index (χ0v) is 18.1. The highest BCUT2D eigenvalue weighted by atomic mass is 16.5. The van der Waals surface area contributed by atoms with Crippen LogP contribution in [0.25, 0.3) is 0 Å². The van der Waals surface area contributed by atoms with Gasteiger partial charge in [-0.25, -0.2) is 0 Å². The lowest BCUT2D eigenvalue weighted by Crippen LogP contribution is -2.33. The molecule has 2 aromatic carbocycles. The SMILES string of the molecule is CCOc1ccc(C2C(C(=O)c3ccc(C)o3)=C(O)C(=O)N2CCc2ccccc2)cc1. The number of amides is 1. The van der Waals surface area contributed by atoms with Crippen molar-refractivity contribution in [3.8, 4) is 5.75 Å². The topological polar surface area (TPSA) is 80.0 Å². The first-order valence-corrected chi connectivity index (χ1v) is 10.6. The maximum absolute atomic E-state index is 13.3. The monoisotopic (exact) mass is 431 g/mol. The first-order valence-electron chi connectivity index (χ1n) is 10.6. The highest BCUT2D eigenvalue weighted by Gasteiger charge is 2.44. The number of carbonyl (C=O) groups is 2. The normalized spacial score (nSPS) is 16.0. The Morgan fingerprint density at radius 2 is 1.78 bits per heavy atom. The van der Waals surface area contributed by atoms with E-state index in [1.807, 2.05) is 49.4 Å². The lowest BCUT2D eigenvalue weighted by Gasteiger charge is -2.27. The van der Waals surface area contributed by atoms with Crippen LogP contribution in [-0.2, 0) is 11.2 Å². The van der Waals surface area contributed by atoms with Crippen LogP contribution in [0.2, 0.25) is 0 Å². The molecule has 1 atom stereocenters. The Morgan fingerprint density at radius 3 is 2.41 bits per heavy atom. The van der Waals surface area contributed by atoms with Gasteiger partial charge >= 0.3 is 0 Å². The highest BCUT2D eigenvalue weighted by Crippen LogP contribution is 2.39. The molecule has 4 rings (SSSR count). The van der Waals surface area contributed by atoms with Crippen LogP contribution in [0.15, 0.2) is 82.5 Å². The molecular formula is C26H25NO5. The van der Waals surface area contributed by atoms with E-state index < -0.39 is 23.5 Å². The Labute approximate surface area is 186 Å². The summed E-state index contributed by atoms with van der Waals surface area (Å²) in [5.74, 6) is -0.222. The van der Waals surface area contributed by atoms with E-state index in [-0.39, 0.29) is 11.3 Å². The van der Waals surface area contributed by atoms with E-state index in [1.165, 1.54) is 0 Å². The van der Waals surface area contributed by atoms with Gasteiger partial charge in [0.05, 0.1) is 18.2 Å². The summed E-state index contributed by atoms with van der Waals surface area (Å²) in [6, 6.07) is 19.5. The Hall–Kier alpha value is -3.80. The first kappa shape index (κ1) is 21.4. The molecule has 32 heavy (non-hydrogen) atoms. The van der Waals surface area contributed by atoms with E-state index in [9.17, 15) is 14.7 Å². The summed E-state index contributed by atoms with van der Waals surface area (Å²) < 4.78 is 11.0. The van der Waals surface area contributed by atoms with Crippen LogP contribution in [0.5, 0.6) is 5.75 Å². The van der Waals surface area contributed by atoms with Crippen molar-refractivity contribution in [1.29, 1.82) is 0 Å². The number of aryl methyl sites for hydroxylation is 1. The molecule has 2 heterocycles. The summed E-state index contributed by atoms with van der Waals surface area (Å²) in [5, 5.41) is 10.7. The van der Waals surface area contributed by atoms with E-state index in [1.54, 1.807) is 36.1 Å². The van der Waals surface area contributed by atoms with Crippen molar-refractivity contribution in [2.45, 2.75) is 26.3 Å². The van der Waals surface area contributed by atoms with Crippen molar-refractivity contribution in [2.75, 3.05) is 13.2 Å². The molecule has 164 valence electrons. The first-order chi connectivity index (χ1) is 15.5. The number of ketones is 1. The van der Waals surface area contributed by atoms with Gasteiger partial charge in [-0.05, 0) is 55.7 Å². The molecule has 1 aliphatic heterocycles. The Morgan fingerprint density at radius 1 is 1.06 bits per heavy atom. The van der Waals surface area contributed by atoms with Crippen molar-refractivity contribution in [3.05, 3.63) is 101 Å². The number of hydrogen-bond donors (Lipinski definition) is 1. The fourth-order valence-electron chi connectivity index (χ4n) is 3.96. The zero-order valence-electron chi connectivity index (χ0n) is 18.1. The molecule has 1 N–H and O–H groups in total. The van der Waals surface area contributed by atoms with Gasteiger partial charge in [-0.15, -0.1) is 0 Å². The molecule has 3 aromatic rings. The van der Waals surface area contributed by atoms with Crippen LogP contribution in [0, 0.1) is 6.92 Å². The standard InChI is InChI=1S/C26H25NO5/c1-3-31-20-12-10-19(11-13-20)23-22(24(28)21-14-9-17(2)32-21)25(29)26(30)27(23)16-15-18-7-5-4-6-8-18/h4-14,23,29H,3,15-16H2,1-2H3. The van der Waals surface area contributed by atoms with E-state index in [2.05, 4.69) is 0 Å². The third-order valence-corrected chi connectivity index (χ3v) is 5.50. The molecule has 0 aliphatic carbocycles. The molecule has 0 fully saturated rings. The van der Waals surface area contributed by atoms with Gasteiger partial charge in [0.25, 0.3) is 5.91 Å². The summed E-state index contributed by atoms with van der Waals surface area (Å²) in [6.45, 7) is 4.52. The highest BCUT2D eigenvalue weighted by molar-refractivity contribution is 6.15. The van der Waals surface area contributed by atoms with Crippen molar-refractivity contribution in [3.63, 3.8) is 0 Å². The van der Waals surface area contributed by atoms with Crippen LogP contribution < -0.4 is 4.74 Å². The molecule has 1 unspecified atom stereocenters. The minimum absolute atomic E-state index is 0.0292. The average Bonchev–Trinajstić information content (AvgIpc) is 3.35. The van der Waals surface area contributed by atoms with Gasteiger partial charge in [0.2, 0.25) is 5.78 Å². The molecule has 0 saturated heterocycles. The largest absolute Gasteiger partial charge is 0.503 e. The number of nitrogens with zero attached hydrogens (tertiary/aromatic N) is 1. The lowest BCUT2D eigenvalue weighted by atomic mass is 9.95. The number of furan rings is 1. The molecular weight excluding hydrogens is 406 g/mol. The number of Topliss-reactive ketones (excluding diaryl/α,β-unsaturated/α-hetero) is 1. The number of hydrogen-bond acceptors (Lipinski definition) is 5. The van der Waals surface area contributed by atoms with Crippen molar-refractivity contribution >= 4 is 11.7 Å². The molecule has 0 spiro atoms. The molecule has 6 nitrogen and oxygen atoms in total. The number of aliphatic hydroxyl groups is 1. The summed E-state index contributed by atoms with van der Waals surface area (Å²) in [4.78, 5) is 27.9. The van der Waals surface area contributed by atoms with E-state index in [4.69, 9.17) is 9.15 Å². The average molecular weight is 431 g/mol. The molecule has 6 heteroatoms. The molecule has 0 bridgehead atoms. The molecule has 1 aliphatic rings. The van der Waals surface area contributed by atoms with Crippen LogP contribution >= 0.6 is 0 Å². The second-order valence-corrected chi connectivity index (χ2v) is 7.64. The summed E-state index contributed by atoms with van der Waals surface area (Å²) in [7, 11) is 0. The van der Waals surface area contributed by atoms with Crippen molar-refractivity contribution < 1.29 is 23.8 Å². The molecule has 0 radical (unpaired) electrons. The van der Waals surface area contributed by atoms with Gasteiger partial charge in [-0.1, -0.05) is 42.5 Å². The molecule has 0 saturated carbocycles. The predicted octanol–water partition coefficient (Wildman–Crippen LogP) is 4.81. The number of aliphatic hydroxyl groups excluding tert-OH is 1. The van der Waals surface area contributed by atoms with E-state index >= 15 is 0 Å². The minimum Gasteiger partial charge on any atom is -0.503 e. The maximum atomic E-state index is 13.3. The van der Waals surface area contributed by atoms with Gasteiger partial charge in [0, 0.05) is 6.54 Å². The van der Waals surface area contributed by atoms with E-state index in [0.717, 1.165) is 5.56 Å². The lowest BCUT2D eigenvalue weighted by molar-refractivity contribution is -0.129. The number of benzene rings is 2. The number of ether oxygens (including phenoxy) is 1. The Balaban J connectivity index is 1.70. The maximum Gasteiger partial charge on any atom is 0.290 e. The summed E-state index contributed by atoms with van der Waals surface area (Å²) in [5.41, 5.74) is 1.80. The Bertz CT molecular complexity index is 1140. The number of carbonyl (C=O) groups excluding carboxylic acids is 2. The smallest absolute Gasteiger partial charge is 0.290 e. The Kier molecular flexibility index (Phi) is 6.12. The second-order valence-electron chi connectivity index (χ2n) is 7.64.